The third-order valence-corrected chi connectivity index (χ3v) is 3.74. The number of hydrogen-bond acceptors (Lipinski definition) is 3. The van der Waals surface area contributed by atoms with Gasteiger partial charge in [-0.05, 0) is 41.9 Å². The lowest BCUT2D eigenvalue weighted by molar-refractivity contribution is 0.0595. The molecule has 1 aliphatic heterocycles. The van der Waals surface area contributed by atoms with Gasteiger partial charge in [0.2, 0.25) is 0 Å². The van der Waals surface area contributed by atoms with Crippen LogP contribution in [-0.2, 0) is 0 Å². The van der Waals surface area contributed by atoms with Crippen LogP contribution in [0, 0.1) is 0 Å². The second-order valence-electron chi connectivity index (χ2n) is 4.79. The van der Waals surface area contributed by atoms with E-state index in [-0.39, 0.29) is 5.91 Å². The molecule has 2 heterocycles. The average molecular weight is 312 g/mol. The van der Waals surface area contributed by atoms with Gasteiger partial charge in [0.15, 0.2) is 0 Å². The van der Waals surface area contributed by atoms with Crippen LogP contribution in [0.4, 0.5) is 0 Å². The fourth-order valence-corrected chi connectivity index (χ4v) is 2.52. The molecule has 0 radical (unpaired) electrons. The van der Waals surface area contributed by atoms with E-state index in [1.54, 1.807) is 18.3 Å². The SMILES string of the molecule is CC(C)N1CCN(C(=O)c2ccnc(Br)c2)CC1. The lowest BCUT2D eigenvalue weighted by Gasteiger charge is -2.36. The molecule has 4 nitrogen and oxygen atoms in total. The van der Waals surface area contributed by atoms with Gasteiger partial charge in [0.05, 0.1) is 0 Å². The Bertz CT molecular complexity index is 428. The van der Waals surface area contributed by atoms with Crippen LogP contribution in [0.2, 0.25) is 0 Å². The van der Waals surface area contributed by atoms with Gasteiger partial charge >= 0.3 is 0 Å². The van der Waals surface area contributed by atoms with Crippen LogP contribution in [0.25, 0.3) is 0 Å². The van der Waals surface area contributed by atoms with Crippen molar-refractivity contribution >= 4 is 21.8 Å². The highest BCUT2D eigenvalue weighted by Gasteiger charge is 2.23. The third kappa shape index (κ3) is 3.09. The van der Waals surface area contributed by atoms with Crippen molar-refractivity contribution in [3.05, 3.63) is 28.5 Å². The van der Waals surface area contributed by atoms with Crippen molar-refractivity contribution in [3.63, 3.8) is 0 Å². The summed E-state index contributed by atoms with van der Waals surface area (Å²) in [5.74, 6) is 0.0986. The number of pyridine rings is 1. The average Bonchev–Trinajstić information content (AvgIpc) is 2.38. The number of halogens is 1. The molecule has 0 atom stereocenters. The van der Waals surface area contributed by atoms with Crippen molar-refractivity contribution in [2.24, 2.45) is 0 Å². The molecule has 1 saturated heterocycles. The molecule has 18 heavy (non-hydrogen) atoms. The highest BCUT2D eigenvalue weighted by atomic mass is 79.9. The van der Waals surface area contributed by atoms with Crippen molar-refractivity contribution in [1.82, 2.24) is 14.8 Å². The molecule has 1 aromatic rings. The van der Waals surface area contributed by atoms with Crippen LogP contribution in [-0.4, -0.2) is 52.9 Å². The first kappa shape index (κ1) is 13.5. The van der Waals surface area contributed by atoms with Crippen LogP contribution in [0.1, 0.15) is 24.2 Å². The zero-order valence-corrected chi connectivity index (χ0v) is 12.4. The summed E-state index contributed by atoms with van der Waals surface area (Å²) in [6, 6.07) is 4.09. The molecule has 0 N–H and O–H groups in total. The molecule has 0 saturated carbocycles. The molecule has 1 aliphatic rings. The monoisotopic (exact) mass is 311 g/mol. The van der Waals surface area contributed by atoms with E-state index in [1.165, 1.54) is 0 Å². The van der Waals surface area contributed by atoms with Gasteiger partial charge in [-0.25, -0.2) is 4.98 Å². The number of carbonyl (C=O) groups excluding carboxylic acids is 1. The van der Waals surface area contributed by atoms with Crippen LogP contribution < -0.4 is 0 Å². The van der Waals surface area contributed by atoms with Crippen molar-refractivity contribution < 1.29 is 4.79 Å². The summed E-state index contributed by atoms with van der Waals surface area (Å²) < 4.78 is 0.703. The van der Waals surface area contributed by atoms with Crippen LogP contribution in [0.15, 0.2) is 22.9 Å². The molecular formula is C13H18BrN3O. The number of carbonyl (C=O) groups is 1. The number of amides is 1. The van der Waals surface area contributed by atoms with Crippen molar-refractivity contribution in [1.29, 1.82) is 0 Å². The molecule has 0 spiro atoms. The third-order valence-electron chi connectivity index (χ3n) is 3.31. The minimum absolute atomic E-state index is 0.0986. The van der Waals surface area contributed by atoms with Crippen LogP contribution in [0.3, 0.4) is 0 Å². The lowest BCUT2D eigenvalue weighted by Crippen LogP contribution is -2.50. The van der Waals surface area contributed by atoms with E-state index in [1.807, 2.05) is 4.90 Å². The Morgan fingerprint density at radius 1 is 1.33 bits per heavy atom. The van der Waals surface area contributed by atoms with Gasteiger partial charge in [-0.15, -0.1) is 0 Å². The van der Waals surface area contributed by atoms with Gasteiger partial charge < -0.3 is 4.90 Å². The molecule has 0 aliphatic carbocycles. The van der Waals surface area contributed by atoms with Gasteiger partial charge in [0.25, 0.3) is 5.91 Å². The smallest absolute Gasteiger partial charge is 0.254 e. The van der Waals surface area contributed by atoms with Crippen molar-refractivity contribution in [2.75, 3.05) is 26.2 Å². The maximum absolute atomic E-state index is 12.3. The molecule has 98 valence electrons. The van der Waals surface area contributed by atoms with Gasteiger partial charge in [-0.2, -0.15) is 0 Å². The normalized spacial score (nSPS) is 17.2. The summed E-state index contributed by atoms with van der Waals surface area (Å²) in [7, 11) is 0. The number of hydrogen-bond donors (Lipinski definition) is 0. The summed E-state index contributed by atoms with van der Waals surface area (Å²) in [6.07, 6.45) is 1.65. The number of nitrogens with zero attached hydrogens (tertiary/aromatic N) is 3. The van der Waals surface area contributed by atoms with Crippen molar-refractivity contribution in [3.8, 4) is 0 Å². The van der Waals surface area contributed by atoms with Crippen LogP contribution >= 0.6 is 15.9 Å². The molecule has 0 bridgehead atoms. The molecule has 1 amide bonds. The lowest BCUT2D eigenvalue weighted by atomic mass is 10.2. The Morgan fingerprint density at radius 3 is 2.56 bits per heavy atom. The molecule has 1 aromatic heterocycles. The Morgan fingerprint density at radius 2 is 2.00 bits per heavy atom. The summed E-state index contributed by atoms with van der Waals surface area (Å²) in [5, 5.41) is 0. The predicted octanol–water partition coefficient (Wildman–Crippen LogP) is 2.01. The topological polar surface area (TPSA) is 36.4 Å². The summed E-state index contributed by atoms with van der Waals surface area (Å²) in [6.45, 7) is 7.90. The maximum atomic E-state index is 12.3. The molecule has 5 heteroatoms. The van der Waals surface area contributed by atoms with E-state index in [0.29, 0.717) is 16.2 Å². The van der Waals surface area contributed by atoms with E-state index < -0.39 is 0 Å². The highest BCUT2D eigenvalue weighted by molar-refractivity contribution is 9.10. The van der Waals surface area contributed by atoms with Crippen LogP contribution in [0.5, 0.6) is 0 Å². The van der Waals surface area contributed by atoms with E-state index in [4.69, 9.17) is 0 Å². The van der Waals surface area contributed by atoms with E-state index in [9.17, 15) is 4.79 Å². The Hall–Kier alpha value is -0.940. The molecular weight excluding hydrogens is 294 g/mol. The van der Waals surface area contributed by atoms with Gasteiger partial charge in [0, 0.05) is 44.0 Å². The summed E-state index contributed by atoms with van der Waals surface area (Å²) >= 11 is 3.29. The standard InChI is InChI=1S/C13H18BrN3O/c1-10(2)16-5-7-17(8-6-16)13(18)11-3-4-15-12(14)9-11/h3-4,9-10H,5-8H2,1-2H3. The summed E-state index contributed by atoms with van der Waals surface area (Å²) in [4.78, 5) is 20.6. The molecule has 2 rings (SSSR count). The van der Waals surface area contributed by atoms with Gasteiger partial charge in [0.1, 0.15) is 4.60 Å². The summed E-state index contributed by atoms with van der Waals surface area (Å²) in [5.41, 5.74) is 0.704. The highest BCUT2D eigenvalue weighted by Crippen LogP contribution is 2.13. The van der Waals surface area contributed by atoms with E-state index in [0.717, 1.165) is 26.2 Å². The zero-order chi connectivity index (χ0) is 13.1. The molecule has 0 unspecified atom stereocenters. The van der Waals surface area contributed by atoms with Crippen molar-refractivity contribution in [2.45, 2.75) is 19.9 Å². The Balaban J connectivity index is 1.99. The van der Waals surface area contributed by atoms with Gasteiger partial charge in [-0.3, -0.25) is 9.69 Å². The fourth-order valence-electron chi connectivity index (χ4n) is 2.16. The minimum Gasteiger partial charge on any atom is -0.336 e. The maximum Gasteiger partial charge on any atom is 0.254 e. The number of rotatable bonds is 2. The molecule has 1 fully saturated rings. The minimum atomic E-state index is 0.0986. The zero-order valence-electron chi connectivity index (χ0n) is 10.8. The Labute approximate surface area is 116 Å². The number of aromatic nitrogens is 1. The second kappa shape index (κ2) is 5.80. The van der Waals surface area contributed by atoms with Gasteiger partial charge in [-0.1, -0.05) is 0 Å². The first-order valence-corrected chi connectivity index (χ1v) is 7.02. The quantitative estimate of drug-likeness (QED) is 0.784. The first-order chi connectivity index (χ1) is 8.58. The Kier molecular flexibility index (Phi) is 4.35. The first-order valence-electron chi connectivity index (χ1n) is 6.23. The largest absolute Gasteiger partial charge is 0.336 e. The van der Waals surface area contributed by atoms with E-state index in [2.05, 4.69) is 39.7 Å². The second-order valence-corrected chi connectivity index (χ2v) is 5.60. The predicted molar refractivity (Wildman–Crippen MR) is 74.5 cm³/mol. The van der Waals surface area contributed by atoms with E-state index >= 15 is 0 Å². The fraction of sp³-hybridized carbons (Fsp3) is 0.538. The molecule has 0 aromatic carbocycles. The number of piperazine rings is 1.